The van der Waals surface area contributed by atoms with Crippen LogP contribution in [0.2, 0.25) is 5.02 Å². The van der Waals surface area contributed by atoms with E-state index in [9.17, 15) is 4.79 Å². The van der Waals surface area contributed by atoms with E-state index in [1.165, 1.54) is 0 Å². The van der Waals surface area contributed by atoms with Crippen LogP contribution in [0.4, 0.5) is 5.69 Å². The molecular formula is C9H7BrClNO. The minimum Gasteiger partial charge on any atom is -0.315 e. The van der Waals surface area contributed by atoms with Crippen LogP contribution in [0.3, 0.4) is 0 Å². The molecule has 0 aliphatic carbocycles. The van der Waals surface area contributed by atoms with E-state index in [1.807, 2.05) is 12.1 Å². The van der Waals surface area contributed by atoms with Gasteiger partial charge in [-0.3, -0.25) is 4.79 Å². The second kappa shape index (κ2) is 3.00. The highest BCUT2D eigenvalue weighted by atomic mass is 79.9. The molecule has 0 saturated carbocycles. The highest BCUT2D eigenvalue weighted by Crippen LogP contribution is 2.35. The fourth-order valence-electron chi connectivity index (χ4n) is 1.45. The zero-order valence-electron chi connectivity index (χ0n) is 6.97. The zero-order chi connectivity index (χ0) is 9.59. The van der Waals surface area contributed by atoms with E-state index in [-0.39, 0.29) is 5.91 Å². The molecule has 0 unspecified atom stereocenters. The molecule has 0 spiro atoms. The molecule has 0 aromatic heterocycles. The highest BCUT2D eigenvalue weighted by Gasteiger charge is 2.24. The first kappa shape index (κ1) is 9.03. The van der Waals surface area contributed by atoms with Gasteiger partial charge in [0.15, 0.2) is 0 Å². The van der Waals surface area contributed by atoms with Crippen LogP contribution in [0.5, 0.6) is 0 Å². The SMILES string of the molecule is CN1C(=O)Cc2cc(Br)c(Cl)cc21. The van der Waals surface area contributed by atoms with Gasteiger partial charge in [-0.15, -0.1) is 0 Å². The Morgan fingerprint density at radius 1 is 1.54 bits per heavy atom. The lowest BCUT2D eigenvalue weighted by atomic mass is 10.2. The standard InChI is InChI=1S/C9H7BrClNO/c1-12-8-4-7(11)6(10)2-5(8)3-9(12)13/h2,4H,3H2,1H3. The Hall–Kier alpha value is -0.540. The molecule has 0 N–H and O–H groups in total. The van der Waals surface area contributed by atoms with E-state index in [4.69, 9.17) is 11.6 Å². The molecule has 1 aromatic rings. The predicted octanol–water partition coefficient (Wildman–Crippen LogP) is 2.62. The Kier molecular flexibility index (Phi) is 2.08. The van der Waals surface area contributed by atoms with Crippen LogP contribution in [0.1, 0.15) is 5.56 Å². The van der Waals surface area contributed by atoms with Gasteiger partial charge >= 0.3 is 0 Å². The lowest BCUT2D eigenvalue weighted by Gasteiger charge is -2.10. The van der Waals surface area contributed by atoms with Gasteiger partial charge in [0.2, 0.25) is 5.91 Å². The maximum Gasteiger partial charge on any atom is 0.231 e. The molecule has 1 aliphatic rings. The number of anilines is 1. The number of hydrogen-bond acceptors (Lipinski definition) is 1. The van der Waals surface area contributed by atoms with E-state index < -0.39 is 0 Å². The molecule has 1 aliphatic heterocycles. The average Bonchev–Trinajstić information content (AvgIpc) is 2.32. The number of hydrogen-bond donors (Lipinski definition) is 0. The van der Waals surface area contributed by atoms with Gasteiger partial charge in [0.25, 0.3) is 0 Å². The lowest BCUT2D eigenvalue weighted by Crippen LogP contribution is -2.20. The van der Waals surface area contributed by atoms with E-state index in [1.54, 1.807) is 11.9 Å². The van der Waals surface area contributed by atoms with Gasteiger partial charge in [-0.2, -0.15) is 0 Å². The van der Waals surface area contributed by atoms with Crippen molar-refractivity contribution in [2.75, 3.05) is 11.9 Å². The third-order valence-electron chi connectivity index (χ3n) is 2.20. The number of fused-ring (bicyclic) bond motifs is 1. The van der Waals surface area contributed by atoms with E-state index in [0.717, 1.165) is 15.7 Å². The molecule has 0 atom stereocenters. The first-order valence-electron chi connectivity index (χ1n) is 3.84. The van der Waals surface area contributed by atoms with E-state index in [2.05, 4.69) is 15.9 Å². The minimum absolute atomic E-state index is 0.115. The average molecular weight is 261 g/mol. The van der Waals surface area contributed by atoms with Crippen LogP contribution in [0, 0.1) is 0 Å². The van der Waals surface area contributed by atoms with Crippen molar-refractivity contribution in [1.82, 2.24) is 0 Å². The molecule has 13 heavy (non-hydrogen) atoms. The number of amides is 1. The normalized spacial score (nSPS) is 15.0. The maximum absolute atomic E-state index is 11.3. The van der Waals surface area contributed by atoms with Crippen molar-refractivity contribution in [2.45, 2.75) is 6.42 Å². The second-order valence-corrected chi connectivity index (χ2v) is 4.29. The van der Waals surface area contributed by atoms with Crippen LogP contribution in [0.25, 0.3) is 0 Å². The molecule has 0 fully saturated rings. The molecule has 1 amide bonds. The van der Waals surface area contributed by atoms with Gasteiger partial charge in [0.05, 0.1) is 11.4 Å². The summed E-state index contributed by atoms with van der Waals surface area (Å²) >= 11 is 9.25. The van der Waals surface area contributed by atoms with Crippen molar-refractivity contribution in [1.29, 1.82) is 0 Å². The molecule has 0 saturated heterocycles. The Balaban J connectivity index is 2.59. The molecular weight excluding hydrogens is 253 g/mol. The van der Waals surface area contributed by atoms with Gasteiger partial charge in [-0.25, -0.2) is 0 Å². The summed E-state index contributed by atoms with van der Waals surface area (Å²) in [6.45, 7) is 0. The number of halogens is 2. The largest absolute Gasteiger partial charge is 0.315 e. The smallest absolute Gasteiger partial charge is 0.231 e. The van der Waals surface area contributed by atoms with Crippen LogP contribution in [-0.2, 0) is 11.2 Å². The van der Waals surface area contributed by atoms with Crippen molar-refractivity contribution in [3.63, 3.8) is 0 Å². The van der Waals surface area contributed by atoms with Crippen LogP contribution < -0.4 is 4.90 Å². The Bertz CT molecular complexity index is 391. The van der Waals surface area contributed by atoms with Crippen molar-refractivity contribution in [2.24, 2.45) is 0 Å². The first-order valence-corrected chi connectivity index (χ1v) is 5.01. The quantitative estimate of drug-likeness (QED) is 0.702. The number of carbonyl (C=O) groups excluding carboxylic acids is 1. The summed E-state index contributed by atoms with van der Waals surface area (Å²) in [7, 11) is 1.76. The van der Waals surface area contributed by atoms with Crippen molar-refractivity contribution in [3.05, 3.63) is 27.2 Å². The Morgan fingerprint density at radius 3 is 2.92 bits per heavy atom. The van der Waals surface area contributed by atoms with Crippen LogP contribution in [0.15, 0.2) is 16.6 Å². The number of nitrogens with zero attached hydrogens (tertiary/aromatic N) is 1. The van der Waals surface area contributed by atoms with E-state index >= 15 is 0 Å². The van der Waals surface area contributed by atoms with Crippen molar-refractivity contribution < 1.29 is 4.79 Å². The van der Waals surface area contributed by atoms with Gasteiger partial charge in [0.1, 0.15) is 0 Å². The molecule has 0 radical (unpaired) electrons. The summed E-state index contributed by atoms with van der Waals surface area (Å²) in [6.07, 6.45) is 0.474. The molecule has 0 bridgehead atoms. The summed E-state index contributed by atoms with van der Waals surface area (Å²) in [4.78, 5) is 13.0. The number of carbonyl (C=O) groups is 1. The van der Waals surface area contributed by atoms with Crippen LogP contribution in [-0.4, -0.2) is 13.0 Å². The maximum atomic E-state index is 11.3. The summed E-state index contributed by atoms with van der Waals surface area (Å²) in [5.74, 6) is 0.115. The van der Waals surface area contributed by atoms with E-state index in [0.29, 0.717) is 11.4 Å². The molecule has 68 valence electrons. The highest BCUT2D eigenvalue weighted by molar-refractivity contribution is 9.10. The van der Waals surface area contributed by atoms with Crippen LogP contribution >= 0.6 is 27.5 Å². The number of likely N-dealkylation sites (N-methyl/N-ethyl adjacent to an activating group) is 1. The molecule has 4 heteroatoms. The molecule has 2 rings (SSSR count). The number of benzene rings is 1. The molecule has 2 nitrogen and oxygen atoms in total. The Morgan fingerprint density at radius 2 is 2.23 bits per heavy atom. The lowest BCUT2D eigenvalue weighted by molar-refractivity contribution is -0.117. The van der Waals surface area contributed by atoms with Gasteiger partial charge in [0, 0.05) is 17.2 Å². The Labute approximate surface area is 89.6 Å². The number of rotatable bonds is 0. The summed E-state index contributed by atoms with van der Waals surface area (Å²) in [6, 6.07) is 3.71. The summed E-state index contributed by atoms with van der Waals surface area (Å²) in [5, 5.41) is 0.639. The third-order valence-corrected chi connectivity index (χ3v) is 3.40. The monoisotopic (exact) mass is 259 g/mol. The summed E-state index contributed by atoms with van der Waals surface area (Å²) < 4.78 is 0.844. The fraction of sp³-hybridized carbons (Fsp3) is 0.222. The van der Waals surface area contributed by atoms with Gasteiger partial charge in [-0.05, 0) is 33.6 Å². The van der Waals surface area contributed by atoms with Crippen molar-refractivity contribution in [3.8, 4) is 0 Å². The van der Waals surface area contributed by atoms with Crippen molar-refractivity contribution >= 4 is 39.1 Å². The molecule has 1 heterocycles. The fourth-order valence-corrected chi connectivity index (χ4v) is 2.00. The summed E-state index contributed by atoms with van der Waals surface area (Å²) in [5.41, 5.74) is 1.95. The zero-order valence-corrected chi connectivity index (χ0v) is 9.32. The second-order valence-electron chi connectivity index (χ2n) is 3.02. The molecule has 1 aromatic carbocycles. The third kappa shape index (κ3) is 1.36. The van der Waals surface area contributed by atoms with Gasteiger partial charge < -0.3 is 4.90 Å². The topological polar surface area (TPSA) is 20.3 Å². The van der Waals surface area contributed by atoms with Gasteiger partial charge in [-0.1, -0.05) is 11.6 Å². The predicted molar refractivity (Wildman–Crippen MR) is 56.3 cm³/mol. The first-order chi connectivity index (χ1) is 6.09. The minimum atomic E-state index is 0.115.